The predicted octanol–water partition coefficient (Wildman–Crippen LogP) is 2.70. The number of benzene rings is 1. The second-order valence-corrected chi connectivity index (χ2v) is 15.9. The van der Waals surface area contributed by atoms with Gasteiger partial charge in [0.15, 0.2) is 0 Å². The van der Waals surface area contributed by atoms with Crippen molar-refractivity contribution in [3.05, 3.63) is 35.4 Å². The molecule has 10 heteroatoms. The zero-order valence-corrected chi connectivity index (χ0v) is 28.5. The van der Waals surface area contributed by atoms with Gasteiger partial charge in [0.05, 0.1) is 24.8 Å². The molecule has 1 aliphatic carbocycles. The third-order valence-corrected chi connectivity index (χ3v) is 9.82. The molecule has 2 heterocycles. The van der Waals surface area contributed by atoms with Gasteiger partial charge in [0.25, 0.3) is 0 Å². The molecule has 252 valence electrons. The first-order valence-electron chi connectivity index (χ1n) is 16.6. The molecule has 2 saturated heterocycles. The summed E-state index contributed by atoms with van der Waals surface area (Å²) in [6.07, 6.45) is 2.76. The number of ether oxygens (including phenoxy) is 1. The number of carbonyl (C=O) groups excluding carboxylic acids is 3. The normalized spacial score (nSPS) is 24.6. The summed E-state index contributed by atoms with van der Waals surface area (Å²) in [4.78, 5) is 45.0. The Labute approximate surface area is 269 Å². The topological polar surface area (TPSA) is 123 Å². The Hall–Kier alpha value is -2.53. The standard InChI is InChI=1S/C35H56N4O6/c1-33(2,3)29(30(43)39-16-14-27(41)20-39)36-28(42)21-37-17-18-38(26(19-37)22-40)15-8-9-24-10-12-25(13-11-24)31(44)45-32-34(4,5)23-35(32,6)7/h10-13,26-27,29,32,40-41H,8-9,14-23H2,1-7H3,(H,36,42)/t26-,27-,29-/m1/s1. The van der Waals surface area contributed by atoms with Gasteiger partial charge in [0.2, 0.25) is 11.8 Å². The lowest BCUT2D eigenvalue weighted by molar-refractivity contribution is -0.155. The monoisotopic (exact) mass is 628 g/mol. The van der Waals surface area contributed by atoms with Crippen LogP contribution < -0.4 is 5.32 Å². The molecule has 45 heavy (non-hydrogen) atoms. The van der Waals surface area contributed by atoms with Crippen LogP contribution in [0, 0.1) is 16.2 Å². The van der Waals surface area contributed by atoms with E-state index in [4.69, 9.17) is 4.74 Å². The third-order valence-electron chi connectivity index (χ3n) is 9.82. The summed E-state index contributed by atoms with van der Waals surface area (Å²) in [6, 6.07) is 6.94. The molecule has 1 saturated carbocycles. The second-order valence-electron chi connectivity index (χ2n) is 15.9. The van der Waals surface area contributed by atoms with Gasteiger partial charge in [-0.1, -0.05) is 60.6 Å². The number of rotatable bonds is 11. The van der Waals surface area contributed by atoms with Crippen LogP contribution in [0.5, 0.6) is 0 Å². The maximum absolute atomic E-state index is 13.2. The number of piperazine rings is 1. The fraction of sp³-hybridized carbons (Fsp3) is 0.743. The van der Waals surface area contributed by atoms with Crippen molar-refractivity contribution in [1.29, 1.82) is 0 Å². The van der Waals surface area contributed by atoms with Crippen LogP contribution in [0.2, 0.25) is 0 Å². The minimum atomic E-state index is -0.674. The van der Waals surface area contributed by atoms with E-state index in [1.54, 1.807) is 4.90 Å². The molecule has 3 aliphatic rings. The number of hydrogen-bond acceptors (Lipinski definition) is 8. The number of nitrogens with one attached hydrogen (secondary N) is 1. The SMILES string of the molecule is CC1(C)CC(C)(C)C1OC(=O)c1ccc(CCCN2CCN(CC(=O)N[C@H](C(=O)N3CC[C@@H](O)C3)C(C)(C)C)C[C@@H]2CO)cc1. The molecule has 0 bridgehead atoms. The maximum Gasteiger partial charge on any atom is 0.338 e. The molecule has 3 N–H and O–H groups in total. The van der Waals surface area contributed by atoms with E-state index in [1.807, 2.05) is 49.9 Å². The molecule has 10 nitrogen and oxygen atoms in total. The number of likely N-dealkylation sites (tertiary alicyclic amines) is 1. The summed E-state index contributed by atoms with van der Waals surface area (Å²) in [6.45, 7) is 18.2. The van der Waals surface area contributed by atoms with Crippen molar-refractivity contribution in [2.24, 2.45) is 16.2 Å². The average molecular weight is 629 g/mol. The summed E-state index contributed by atoms with van der Waals surface area (Å²) < 4.78 is 5.91. The van der Waals surface area contributed by atoms with Crippen LogP contribution in [0.15, 0.2) is 24.3 Å². The number of β-amino-alcohol motifs (C(OH)–C–C–N with tert-alkyl or cyclic N) is 1. The fourth-order valence-electron chi connectivity index (χ4n) is 7.83. The molecule has 0 radical (unpaired) electrons. The van der Waals surface area contributed by atoms with E-state index in [9.17, 15) is 24.6 Å². The largest absolute Gasteiger partial charge is 0.458 e. The Morgan fingerprint density at radius 3 is 2.24 bits per heavy atom. The summed E-state index contributed by atoms with van der Waals surface area (Å²) in [5, 5.41) is 23.0. The van der Waals surface area contributed by atoms with Gasteiger partial charge < -0.3 is 25.2 Å². The first-order valence-corrected chi connectivity index (χ1v) is 16.6. The molecule has 3 fully saturated rings. The highest BCUT2D eigenvalue weighted by Crippen LogP contribution is 2.55. The molecular formula is C35H56N4O6. The molecule has 1 aromatic carbocycles. The van der Waals surface area contributed by atoms with Crippen molar-refractivity contribution in [2.75, 3.05) is 52.4 Å². The van der Waals surface area contributed by atoms with Crippen molar-refractivity contribution in [3.63, 3.8) is 0 Å². The number of aryl methyl sites for hydroxylation is 1. The molecule has 0 aromatic heterocycles. The molecule has 4 rings (SSSR count). The molecule has 2 aliphatic heterocycles. The Kier molecular flexibility index (Phi) is 11.0. The second kappa shape index (κ2) is 14.1. The molecule has 1 aromatic rings. The van der Waals surface area contributed by atoms with Gasteiger partial charge in [-0.3, -0.25) is 19.4 Å². The molecule has 3 atom stereocenters. The highest BCUT2D eigenvalue weighted by atomic mass is 16.5. The van der Waals surface area contributed by atoms with Gasteiger partial charge in [-0.05, 0) is 55.3 Å². The zero-order chi connectivity index (χ0) is 33.2. The van der Waals surface area contributed by atoms with Crippen LogP contribution in [0.4, 0.5) is 0 Å². The molecular weight excluding hydrogens is 572 g/mol. The quantitative estimate of drug-likeness (QED) is 0.320. The summed E-state index contributed by atoms with van der Waals surface area (Å²) in [7, 11) is 0. The minimum absolute atomic E-state index is 0.00173. The van der Waals surface area contributed by atoms with E-state index < -0.39 is 17.6 Å². The third kappa shape index (κ3) is 8.84. The van der Waals surface area contributed by atoms with E-state index >= 15 is 0 Å². The van der Waals surface area contributed by atoms with Gasteiger partial charge in [-0.15, -0.1) is 0 Å². The summed E-state index contributed by atoms with van der Waals surface area (Å²) in [5.41, 5.74) is 1.25. The van der Waals surface area contributed by atoms with Crippen LogP contribution in [0.3, 0.4) is 0 Å². The molecule has 0 spiro atoms. The number of esters is 1. The van der Waals surface area contributed by atoms with Crippen LogP contribution in [-0.2, 0) is 20.7 Å². The number of nitrogens with zero attached hydrogens (tertiary/aromatic N) is 3. The number of hydrogen-bond donors (Lipinski definition) is 3. The lowest BCUT2D eigenvalue weighted by Crippen LogP contribution is -2.59. The Morgan fingerprint density at radius 1 is 1.02 bits per heavy atom. The Bertz CT molecular complexity index is 1180. The van der Waals surface area contributed by atoms with Gasteiger partial charge in [0, 0.05) is 49.6 Å². The number of amides is 2. The summed E-state index contributed by atoms with van der Waals surface area (Å²) in [5.74, 6) is -0.626. The van der Waals surface area contributed by atoms with Crippen molar-refractivity contribution in [3.8, 4) is 0 Å². The van der Waals surface area contributed by atoms with Gasteiger partial charge in [-0.2, -0.15) is 0 Å². The van der Waals surface area contributed by atoms with Crippen molar-refractivity contribution in [2.45, 2.75) is 98.4 Å². The van der Waals surface area contributed by atoms with Crippen molar-refractivity contribution < 1.29 is 29.3 Å². The van der Waals surface area contributed by atoms with Crippen LogP contribution in [0.25, 0.3) is 0 Å². The van der Waals surface area contributed by atoms with Gasteiger partial charge in [0.1, 0.15) is 12.1 Å². The number of aliphatic hydroxyl groups excluding tert-OH is 2. The first-order chi connectivity index (χ1) is 21.0. The first kappa shape index (κ1) is 35.3. The number of carbonyl (C=O) groups is 3. The zero-order valence-electron chi connectivity index (χ0n) is 28.5. The van der Waals surface area contributed by atoms with Gasteiger partial charge in [-0.25, -0.2) is 4.79 Å². The van der Waals surface area contributed by atoms with Gasteiger partial charge >= 0.3 is 5.97 Å². The smallest absolute Gasteiger partial charge is 0.338 e. The van der Waals surface area contributed by atoms with E-state index in [-0.39, 0.29) is 53.9 Å². The van der Waals surface area contributed by atoms with Crippen molar-refractivity contribution in [1.82, 2.24) is 20.0 Å². The van der Waals surface area contributed by atoms with Crippen LogP contribution in [0.1, 0.15) is 83.7 Å². The summed E-state index contributed by atoms with van der Waals surface area (Å²) >= 11 is 0. The molecule has 2 amide bonds. The Morgan fingerprint density at radius 2 is 1.69 bits per heavy atom. The lowest BCUT2D eigenvalue weighted by Gasteiger charge is -2.56. The van der Waals surface area contributed by atoms with E-state index in [0.29, 0.717) is 38.2 Å². The van der Waals surface area contributed by atoms with Crippen LogP contribution >= 0.6 is 0 Å². The predicted molar refractivity (Wildman–Crippen MR) is 174 cm³/mol. The minimum Gasteiger partial charge on any atom is -0.458 e. The number of aliphatic hydroxyl groups is 2. The van der Waals surface area contributed by atoms with E-state index in [2.05, 4.69) is 37.9 Å². The lowest BCUT2D eigenvalue weighted by atomic mass is 9.53. The average Bonchev–Trinajstić information content (AvgIpc) is 3.40. The van der Waals surface area contributed by atoms with Crippen molar-refractivity contribution >= 4 is 17.8 Å². The highest BCUT2D eigenvalue weighted by Gasteiger charge is 2.55. The Balaban J connectivity index is 1.21. The van der Waals surface area contributed by atoms with E-state index in [0.717, 1.165) is 37.9 Å². The van der Waals surface area contributed by atoms with E-state index in [1.165, 1.54) is 0 Å². The van der Waals surface area contributed by atoms with Crippen LogP contribution in [-0.4, -0.2) is 119 Å². The molecule has 0 unspecified atom stereocenters. The maximum atomic E-state index is 13.2. The highest BCUT2D eigenvalue weighted by molar-refractivity contribution is 5.90. The fourth-order valence-corrected chi connectivity index (χ4v) is 7.83.